The summed E-state index contributed by atoms with van der Waals surface area (Å²) in [6.45, 7) is 7.06. The molecule has 0 bridgehead atoms. The molecule has 1 aliphatic heterocycles. The van der Waals surface area contributed by atoms with E-state index in [4.69, 9.17) is 4.74 Å². The van der Waals surface area contributed by atoms with Gasteiger partial charge < -0.3 is 9.64 Å². The Morgan fingerprint density at radius 2 is 2.14 bits per heavy atom. The van der Waals surface area contributed by atoms with Crippen LogP contribution in [-0.4, -0.2) is 49.4 Å². The number of hydrogen-bond acceptors (Lipinski definition) is 6. The van der Waals surface area contributed by atoms with E-state index in [0.717, 1.165) is 0 Å². The first kappa shape index (κ1) is 16.0. The van der Waals surface area contributed by atoms with Gasteiger partial charge in [-0.05, 0) is 20.3 Å². The van der Waals surface area contributed by atoms with Crippen molar-refractivity contribution in [3.05, 3.63) is 12.4 Å². The second-order valence-corrected chi connectivity index (χ2v) is 7.30. The third-order valence-corrected chi connectivity index (χ3v) is 5.18. The highest BCUT2D eigenvalue weighted by atomic mass is 32.2. The molecule has 0 aromatic carbocycles. The van der Waals surface area contributed by atoms with Crippen LogP contribution in [0.25, 0.3) is 0 Å². The number of rotatable bonds is 6. The summed E-state index contributed by atoms with van der Waals surface area (Å²) in [6, 6.07) is 0. The van der Waals surface area contributed by atoms with Crippen LogP contribution < -0.4 is 14.4 Å². The number of hydrogen-bond donors (Lipinski definition) is 1. The molecular formula is C13H22N4O3S. The molecule has 1 unspecified atom stereocenters. The van der Waals surface area contributed by atoms with Crippen LogP contribution in [0, 0.1) is 0 Å². The van der Waals surface area contributed by atoms with E-state index in [0.29, 0.717) is 37.8 Å². The summed E-state index contributed by atoms with van der Waals surface area (Å²) in [7, 11) is -3.27. The van der Waals surface area contributed by atoms with E-state index in [-0.39, 0.29) is 6.10 Å². The van der Waals surface area contributed by atoms with Gasteiger partial charge in [-0.3, -0.25) is 0 Å². The summed E-state index contributed by atoms with van der Waals surface area (Å²) in [5.74, 6) is 1.06. The van der Waals surface area contributed by atoms with Crippen LogP contribution in [0.3, 0.4) is 0 Å². The van der Waals surface area contributed by atoms with Gasteiger partial charge in [0.25, 0.3) is 5.88 Å². The van der Waals surface area contributed by atoms with Crippen LogP contribution in [0.4, 0.5) is 5.82 Å². The number of aromatic nitrogens is 2. The van der Waals surface area contributed by atoms with Gasteiger partial charge in [-0.15, -0.1) is 0 Å². The van der Waals surface area contributed by atoms with E-state index in [2.05, 4.69) is 14.7 Å². The van der Waals surface area contributed by atoms with Crippen molar-refractivity contribution in [3.63, 3.8) is 0 Å². The van der Waals surface area contributed by atoms with Gasteiger partial charge >= 0.3 is 0 Å². The van der Waals surface area contributed by atoms with Crippen molar-refractivity contribution in [2.24, 2.45) is 0 Å². The maximum Gasteiger partial charge on any atom is 0.257 e. The normalized spacial score (nSPS) is 19.2. The van der Waals surface area contributed by atoms with Gasteiger partial charge in [0.1, 0.15) is 0 Å². The minimum absolute atomic E-state index is 0.00987. The lowest BCUT2D eigenvalue weighted by atomic mass is 10.4. The molecular weight excluding hydrogens is 292 g/mol. The maximum atomic E-state index is 12.1. The fraction of sp³-hybridized carbons (Fsp3) is 0.692. The molecule has 21 heavy (non-hydrogen) atoms. The Labute approximate surface area is 125 Å². The summed E-state index contributed by atoms with van der Waals surface area (Å²) in [5.41, 5.74) is 0. The molecule has 7 nitrogen and oxygen atoms in total. The van der Waals surface area contributed by atoms with E-state index in [1.807, 2.05) is 18.7 Å². The topological polar surface area (TPSA) is 84.4 Å². The fourth-order valence-electron chi connectivity index (χ4n) is 2.33. The van der Waals surface area contributed by atoms with Gasteiger partial charge in [-0.1, -0.05) is 6.92 Å². The molecule has 1 atom stereocenters. The summed E-state index contributed by atoms with van der Waals surface area (Å²) in [4.78, 5) is 10.4. The Morgan fingerprint density at radius 1 is 1.43 bits per heavy atom. The van der Waals surface area contributed by atoms with Crippen LogP contribution in [-0.2, 0) is 10.0 Å². The molecule has 1 aromatic rings. The fourth-order valence-corrected chi connectivity index (χ4v) is 3.76. The van der Waals surface area contributed by atoms with Crippen molar-refractivity contribution in [3.8, 4) is 5.88 Å². The Hall–Kier alpha value is -1.41. The molecule has 0 saturated carbocycles. The summed E-state index contributed by atoms with van der Waals surface area (Å²) < 4.78 is 32.3. The smallest absolute Gasteiger partial charge is 0.257 e. The third kappa shape index (κ3) is 3.82. The molecule has 1 N–H and O–H groups in total. The van der Waals surface area contributed by atoms with Crippen LogP contribution in [0.15, 0.2) is 12.4 Å². The van der Waals surface area contributed by atoms with Crippen molar-refractivity contribution < 1.29 is 13.2 Å². The second kappa shape index (κ2) is 6.57. The molecule has 118 valence electrons. The first-order chi connectivity index (χ1) is 9.94. The Bertz CT molecular complexity index is 577. The number of sulfonamides is 1. The maximum absolute atomic E-state index is 12.1. The van der Waals surface area contributed by atoms with Crippen LogP contribution in [0.2, 0.25) is 0 Å². The molecule has 1 fully saturated rings. The number of ether oxygens (including phenoxy) is 1. The quantitative estimate of drug-likeness (QED) is 0.835. The van der Waals surface area contributed by atoms with Gasteiger partial charge in [0.15, 0.2) is 5.82 Å². The molecule has 0 spiro atoms. The summed E-state index contributed by atoms with van der Waals surface area (Å²) in [5, 5.41) is -0.425. The molecule has 1 saturated heterocycles. The average molecular weight is 314 g/mol. The lowest BCUT2D eigenvalue weighted by Gasteiger charge is -2.20. The number of nitrogens with one attached hydrogen (secondary N) is 1. The van der Waals surface area contributed by atoms with E-state index in [1.165, 1.54) is 0 Å². The summed E-state index contributed by atoms with van der Waals surface area (Å²) in [6.07, 6.45) is 3.73. The molecule has 8 heteroatoms. The lowest BCUT2D eigenvalue weighted by Crippen LogP contribution is -2.36. The van der Waals surface area contributed by atoms with Crippen molar-refractivity contribution in [1.82, 2.24) is 14.7 Å². The SMILES string of the molecule is CCNS(=O)(=O)C1CCN(c2nccnc2OC(C)C)C1. The first-order valence-corrected chi connectivity index (χ1v) is 8.69. The lowest BCUT2D eigenvalue weighted by molar-refractivity contribution is 0.232. The zero-order valence-corrected chi connectivity index (χ0v) is 13.4. The van der Waals surface area contributed by atoms with Crippen LogP contribution in [0.1, 0.15) is 27.2 Å². The van der Waals surface area contributed by atoms with Gasteiger partial charge in [-0.2, -0.15) is 0 Å². The molecule has 1 aliphatic rings. The number of nitrogens with zero attached hydrogens (tertiary/aromatic N) is 3. The van der Waals surface area contributed by atoms with Gasteiger partial charge in [0.2, 0.25) is 10.0 Å². The molecule has 2 heterocycles. The minimum Gasteiger partial charge on any atom is -0.472 e. The molecule has 0 aliphatic carbocycles. The van der Waals surface area contributed by atoms with E-state index >= 15 is 0 Å². The predicted octanol–water partition coefficient (Wildman–Crippen LogP) is 0.782. The van der Waals surface area contributed by atoms with E-state index in [1.54, 1.807) is 19.3 Å². The largest absolute Gasteiger partial charge is 0.472 e. The first-order valence-electron chi connectivity index (χ1n) is 7.15. The van der Waals surface area contributed by atoms with Crippen LogP contribution >= 0.6 is 0 Å². The Morgan fingerprint density at radius 3 is 2.81 bits per heavy atom. The van der Waals surface area contributed by atoms with Crippen molar-refractivity contribution >= 4 is 15.8 Å². The average Bonchev–Trinajstić information content (AvgIpc) is 2.89. The van der Waals surface area contributed by atoms with Crippen molar-refractivity contribution in [2.45, 2.75) is 38.5 Å². The van der Waals surface area contributed by atoms with Crippen molar-refractivity contribution in [2.75, 3.05) is 24.5 Å². The van der Waals surface area contributed by atoms with Gasteiger partial charge in [-0.25, -0.2) is 23.1 Å². The standard InChI is InChI=1S/C13H22N4O3S/c1-4-16-21(18,19)11-5-8-17(9-11)12-13(20-10(2)3)15-7-6-14-12/h6-7,10-11,16H,4-5,8-9H2,1-3H3. The monoisotopic (exact) mass is 314 g/mol. The third-order valence-electron chi connectivity index (χ3n) is 3.22. The molecule has 1 aromatic heterocycles. The Kier molecular flexibility index (Phi) is 5.00. The van der Waals surface area contributed by atoms with E-state index in [9.17, 15) is 8.42 Å². The van der Waals surface area contributed by atoms with Crippen LogP contribution in [0.5, 0.6) is 5.88 Å². The highest BCUT2D eigenvalue weighted by Crippen LogP contribution is 2.28. The van der Waals surface area contributed by atoms with Gasteiger partial charge in [0.05, 0.1) is 11.4 Å². The zero-order valence-electron chi connectivity index (χ0n) is 12.6. The Balaban J connectivity index is 2.15. The highest BCUT2D eigenvalue weighted by Gasteiger charge is 2.34. The van der Waals surface area contributed by atoms with Gasteiger partial charge in [0, 0.05) is 32.0 Å². The van der Waals surface area contributed by atoms with Crippen molar-refractivity contribution in [1.29, 1.82) is 0 Å². The zero-order chi connectivity index (χ0) is 15.5. The number of anilines is 1. The predicted molar refractivity (Wildman–Crippen MR) is 81.0 cm³/mol. The molecule has 0 radical (unpaired) electrons. The second-order valence-electron chi connectivity index (χ2n) is 5.25. The summed E-state index contributed by atoms with van der Waals surface area (Å²) >= 11 is 0. The molecule has 0 amide bonds. The minimum atomic E-state index is -3.27. The highest BCUT2D eigenvalue weighted by molar-refractivity contribution is 7.90. The molecule has 2 rings (SSSR count). The van der Waals surface area contributed by atoms with E-state index < -0.39 is 15.3 Å².